The maximum atomic E-state index is 12.4. The summed E-state index contributed by atoms with van der Waals surface area (Å²) < 4.78 is 5.81. The van der Waals surface area contributed by atoms with Gasteiger partial charge in [-0.2, -0.15) is 29.8 Å². The highest BCUT2D eigenvalue weighted by Crippen LogP contribution is 2.35. The second-order valence-corrected chi connectivity index (χ2v) is 11.2. The number of nitrogen functional groups attached to an aromatic ring is 2. The Bertz CT molecular complexity index is 1920. The molecule has 20 heteroatoms. The predicted molar refractivity (Wildman–Crippen MR) is 184 cm³/mol. The van der Waals surface area contributed by atoms with Gasteiger partial charge in [-0.25, -0.2) is 19.3 Å². The summed E-state index contributed by atoms with van der Waals surface area (Å²) in [5.41, 5.74) is 15.7. The lowest BCUT2D eigenvalue weighted by Gasteiger charge is -2.06. The molecular weight excluding hydrogens is 644 g/mol. The largest absolute Gasteiger partial charge is 0.382 e. The number of nitrogens with two attached hydrogens (primary N) is 2. The maximum absolute atomic E-state index is 12.4. The topological polar surface area (TPSA) is 257 Å². The van der Waals surface area contributed by atoms with Crippen molar-refractivity contribution in [1.29, 1.82) is 0 Å². The van der Waals surface area contributed by atoms with Crippen molar-refractivity contribution >= 4 is 46.5 Å². The lowest BCUT2D eigenvalue weighted by Crippen LogP contribution is -2.17. The summed E-state index contributed by atoms with van der Waals surface area (Å²) >= 11 is 0. The molecule has 0 unspecified atom stereocenters. The van der Waals surface area contributed by atoms with Crippen LogP contribution in [0.15, 0.2) is 45.2 Å². The fourth-order valence-electron chi connectivity index (χ4n) is 4.99. The van der Waals surface area contributed by atoms with Crippen LogP contribution in [0.5, 0.6) is 0 Å². The molecule has 0 aliphatic rings. The van der Waals surface area contributed by atoms with Gasteiger partial charge in [0.25, 0.3) is 11.8 Å². The second kappa shape index (κ2) is 15.3. The van der Waals surface area contributed by atoms with Gasteiger partial charge in [0, 0.05) is 34.3 Å². The highest BCUT2D eigenvalue weighted by atomic mass is 16.2. The van der Waals surface area contributed by atoms with Gasteiger partial charge in [-0.1, -0.05) is 26.7 Å². The number of hydrogen-bond donors (Lipinski definition) is 4. The molecule has 5 heterocycles. The molecule has 262 valence electrons. The van der Waals surface area contributed by atoms with Gasteiger partial charge in [0.15, 0.2) is 46.3 Å². The molecule has 0 aromatic carbocycles. The molecule has 0 aliphatic carbocycles. The van der Waals surface area contributed by atoms with E-state index in [-0.39, 0.29) is 46.2 Å². The summed E-state index contributed by atoms with van der Waals surface area (Å²) in [4.78, 5) is 33.6. The first-order valence-electron chi connectivity index (χ1n) is 16.0. The number of unbranched alkanes of at least 4 members (excludes halogenated alkanes) is 2. The Kier molecular flexibility index (Phi) is 10.7. The third kappa shape index (κ3) is 6.93. The number of nitrogens with one attached hydrogen (secondary N) is 2. The number of amides is 2. The van der Waals surface area contributed by atoms with Crippen molar-refractivity contribution < 1.29 is 9.59 Å². The standard InChI is InChI=1S/C30H40N18O2/c1-7-9-11-19-23(39-41-27-17(29(49)33-3)14-37-45(27)5)25(31)47(43-19)21-13-22(36-16-35-21)48-26(32)24(20(44-48)12-10-8-2)40-42-28-18(30(50)34-4)15-38-46(28)6/h13-16H,7-12,31-32H2,1-6H3,(H,33,49)(H,34,50)/b41-39+,42-40+. The van der Waals surface area contributed by atoms with Crippen LogP contribution in [0, 0.1) is 0 Å². The van der Waals surface area contributed by atoms with Crippen molar-refractivity contribution in [2.75, 3.05) is 25.6 Å². The van der Waals surface area contributed by atoms with Crippen molar-refractivity contribution in [2.45, 2.75) is 52.4 Å². The van der Waals surface area contributed by atoms with Crippen molar-refractivity contribution in [3.63, 3.8) is 0 Å². The Labute approximate surface area is 287 Å². The molecule has 6 N–H and O–H groups in total. The molecular formula is C30H40N18O2. The van der Waals surface area contributed by atoms with Crippen LogP contribution < -0.4 is 22.1 Å². The van der Waals surface area contributed by atoms with Crippen LogP contribution in [-0.4, -0.2) is 75.0 Å². The lowest BCUT2D eigenvalue weighted by atomic mass is 10.2. The number of aryl methyl sites for hydroxylation is 4. The summed E-state index contributed by atoms with van der Waals surface area (Å²) in [7, 11) is 6.38. The fourth-order valence-corrected chi connectivity index (χ4v) is 4.99. The van der Waals surface area contributed by atoms with Crippen LogP contribution in [0.1, 0.15) is 71.6 Å². The second-order valence-electron chi connectivity index (χ2n) is 11.2. The number of nitrogens with zero attached hydrogens (tertiary/aromatic N) is 14. The Morgan fingerprint density at radius 1 is 0.720 bits per heavy atom. The highest BCUT2D eigenvalue weighted by Gasteiger charge is 2.23. The maximum Gasteiger partial charge on any atom is 0.256 e. The zero-order valence-electron chi connectivity index (χ0n) is 28.8. The van der Waals surface area contributed by atoms with E-state index in [2.05, 4.69) is 65.1 Å². The molecule has 20 nitrogen and oxygen atoms in total. The Morgan fingerprint density at radius 3 is 1.52 bits per heavy atom. The minimum Gasteiger partial charge on any atom is -0.382 e. The average Bonchev–Trinajstić information content (AvgIpc) is 3.86. The molecule has 0 bridgehead atoms. The minimum absolute atomic E-state index is 0.183. The molecule has 0 fully saturated rings. The minimum atomic E-state index is -0.346. The summed E-state index contributed by atoms with van der Waals surface area (Å²) in [5.74, 6) is 0.856. The van der Waals surface area contributed by atoms with Crippen LogP contribution in [0.3, 0.4) is 0 Å². The number of azo groups is 2. The molecule has 0 spiro atoms. The SMILES string of the molecule is CCCCc1nn(-c2cc(-n3nc(CCCC)c(/N=N/c4c(C(=O)NC)cnn4C)c3N)ncn2)c(N)c1/N=N/c1c(C(=O)NC)cnn1C. The zero-order chi connectivity index (χ0) is 35.9. The van der Waals surface area contributed by atoms with Crippen molar-refractivity contribution in [1.82, 2.24) is 59.7 Å². The van der Waals surface area contributed by atoms with E-state index in [9.17, 15) is 9.59 Å². The predicted octanol–water partition coefficient (Wildman–Crippen LogP) is 3.71. The fraction of sp³-hybridized carbons (Fsp3) is 0.400. The van der Waals surface area contributed by atoms with E-state index in [1.54, 1.807) is 20.2 Å². The molecule has 2 amide bonds. The molecule has 5 rings (SSSR count). The van der Waals surface area contributed by atoms with Gasteiger partial charge in [0.1, 0.15) is 17.5 Å². The molecule has 0 saturated carbocycles. The summed E-state index contributed by atoms with van der Waals surface area (Å²) in [6, 6.07) is 1.64. The van der Waals surface area contributed by atoms with E-state index < -0.39 is 0 Å². The molecule has 0 aliphatic heterocycles. The number of rotatable bonds is 14. The number of carbonyl (C=O) groups is 2. The van der Waals surface area contributed by atoms with Gasteiger partial charge in [0.05, 0.1) is 23.8 Å². The zero-order valence-corrected chi connectivity index (χ0v) is 28.8. The first-order chi connectivity index (χ1) is 24.1. The first-order valence-corrected chi connectivity index (χ1v) is 16.0. The Hall–Kier alpha value is -6.34. The average molecular weight is 685 g/mol. The summed E-state index contributed by atoms with van der Waals surface area (Å²) in [5, 5.41) is 40.5. The summed E-state index contributed by atoms with van der Waals surface area (Å²) in [6.45, 7) is 4.14. The Balaban J connectivity index is 1.55. The number of carbonyl (C=O) groups excluding carboxylic acids is 2. The lowest BCUT2D eigenvalue weighted by molar-refractivity contribution is 0.0955. The molecule has 0 atom stereocenters. The van der Waals surface area contributed by atoms with E-state index in [0.29, 0.717) is 47.2 Å². The van der Waals surface area contributed by atoms with E-state index in [1.165, 1.54) is 51.5 Å². The van der Waals surface area contributed by atoms with Gasteiger partial charge >= 0.3 is 0 Å². The third-order valence-electron chi connectivity index (χ3n) is 7.78. The number of hydrogen-bond acceptors (Lipinski definition) is 14. The number of aromatic nitrogens is 10. The van der Waals surface area contributed by atoms with E-state index in [1.807, 2.05) is 0 Å². The molecule has 0 radical (unpaired) electrons. The van der Waals surface area contributed by atoms with Crippen molar-refractivity contribution in [3.05, 3.63) is 47.3 Å². The van der Waals surface area contributed by atoms with Gasteiger partial charge in [0.2, 0.25) is 0 Å². The van der Waals surface area contributed by atoms with Crippen LogP contribution in [0.4, 0.5) is 34.6 Å². The first kappa shape index (κ1) is 35.0. The molecule has 0 saturated heterocycles. The Morgan fingerprint density at radius 2 is 1.14 bits per heavy atom. The summed E-state index contributed by atoms with van der Waals surface area (Å²) in [6.07, 6.45) is 8.82. The van der Waals surface area contributed by atoms with Crippen molar-refractivity contribution in [3.8, 4) is 11.6 Å². The van der Waals surface area contributed by atoms with Gasteiger partial charge in [-0.3, -0.25) is 9.59 Å². The van der Waals surface area contributed by atoms with E-state index >= 15 is 0 Å². The smallest absolute Gasteiger partial charge is 0.256 e. The van der Waals surface area contributed by atoms with Gasteiger partial charge in [-0.15, -0.1) is 20.5 Å². The normalized spacial score (nSPS) is 11.6. The van der Waals surface area contributed by atoms with E-state index in [0.717, 1.165) is 25.7 Å². The van der Waals surface area contributed by atoms with Crippen LogP contribution >= 0.6 is 0 Å². The van der Waals surface area contributed by atoms with Gasteiger partial charge in [-0.05, 0) is 25.7 Å². The van der Waals surface area contributed by atoms with Crippen molar-refractivity contribution in [2.24, 2.45) is 34.6 Å². The number of anilines is 2. The molecule has 5 aromatic rings. The molecule has 5 aromatic heterocycles. The molecule has 50 heavy (non-hydrogen) atoms. The highest BCUT2D eigenvalue weighted by molar-refractivity contribution is 5.98. The monoisotopic (exact) mass is 684 g/mol. The van der Waals surface area contributed by atoms with Crippen LogP contribution in [0.2, 0.25) is 0 Å². The quantitative estimate of drug-likeness (QED) is 0.123. The third-order valence-corrected chi connectivity index (χ3v) is 7.78. The van der Waals surface area contributed by atoms with Crippen LogP contribution in [-0.2, 0) is 26.9 Å². The van der Waals surface area contributed by atoms with Gasteiger partial charge < -0.3 is 22.1 Å². The van der Waals surface area contributed by atoms with E-state index in [4.69, 9.17) is 21.7 Å². The van der Waals surface area contributed by atoms with Crippen LogP contribution in [0.25, 0.3) is 11.6 Å².